The first-order valence-electron chi connectivity index (χ1n) is 10.6. The number of carbonyl (C=O) groups excluding carboxylic acids is 1. The average Bonchev–Trinajstić information content (AvgIpc) is 2.79. The van der Waals surface area contributed by atoms with Crippen molar-refractivity contribution in [3.05, 3.63) is 100 Å². The van der Waals surface area contributed by atoms with E-state index in [0.717, 1.165) is 39.3 Å². The number of aliphatic carboxylic acids is 2. The zero-order chi connectivity index (χ0) is 30.9. The van der Waals surface area contributed by atoms with E-state index in [1.165, 1.54) is 4.90 Å². The van der Waals surface area contributed by atoms with Crippen LogP contribution in [0, 0.1) is 0 Å². The zero-order valence-corrected chi connectivity index (χ0v) is 21.3. The molecule has 0 aromatic carbocycles. The minimum absolute atomic E-state index is 0.901. The van der Waals surface area contributed by atoms with Gasteiger partial charge < -0.3 is 19.9 Å². The number of carbonyl (C=O) groups is 2. The Balaban J connectivity index is -0.000000203. The molecule has 0 aromatic rings. The molecule has 6 nitrogen and oxygen atoms in total. The van der Waals surface area contributed by atoms with E-state index in [2.05, 4.69) is 57.5 Å². The largest absolute Gasteiger partial charge is 0.545 e. The number of hydrogen-bond donors (Lipinski definition) is 2. The van der Waals surface area contributed by atoms with Gasteiger partial charge in [0.25, 0.3) is 0 Å². The van der Waals surface area contributed by atoms with Gasteiger partial charge in [-0.25, -0.2) is 4.79 Å². The van der Waals surface area contributed by atoms with Crippen molar-refractivity contribution in [3.8, 4) is 0 Å². The highest BCUT2D eigenvalue weighted by molar-refractivity contribution is 5.87. The van der Waals surface area contributed by atoms with E-state index in [1.807, 2.05) is 36.5 Å². The summed E-state index contributed by atoms with van der Waals surface area (Å²) in [5.74, 6) is -4.33. The molecule has 0 radical (unpaired) electrons. The zero-order valence-electron chi connectivity index (χ0n) is 21.3. The van der Waals surface area contributed by atoms with Crippen molar-refractivity contribution in [2.75, 3.05) is 39.3 Å². The topological polar surface area (TPSA) is 85.1 Å². The van der Waals surface area contributed by atoms with Crippen LogP contribution in [-0.4, -0.2) is 73.6 Å². The summed E-state index contributed by atoms with van der Waals surface area (Å²) in [5, 5.41) is 17.1. The molecule has 0 aliphatic heterocycles. The van der Waals surface area contributed by atoms with Gasteiger partial charge in [0.1, 0.15) is 5.57 Å². The number of rotatable bonds is 14. The highest BCUT2D eigenvalue weighted by Crippen LogP contribution is 2.23. The second-order valence-corrected chi connectivity index (χ2v) is 6.86. The van der Waals surface area contributed by atoms with Gasteiger partial charge in [-0.2, -0.15) is 26.3 Å². The SMILES string of the molecule is C=C(C(=O)O)C(F)(F)F.C=C(C(=O)[O-])C(F)(F)F.C=CCN(CC=C)CC=C.C=CC[NH+](CC=C)CC=C. The molecule has 0 aliphatic carbocycles. The fourth-order valence-corrected chi connectivity index (χ4v) is 1.87. The van der Waals surface area contributed by atoms with Crippen LogP contribution in [0.25, 0.3) is 0 Å². The maximum atomic E-state index is 11.2. The van der Waals surface area contributed by atoms with Gasteiger partial charge in [-0.05, 0) is 18.2 Å². The van der Waals surface area contributed by atoms with Crippen LogP contribution in [0.1, 0.15) is 0 Å². The maximum Gasteiger partial charge on any atom is 0.422 e. The molecular weight excluding hydrogens is 518 g/mol. The molecule has 0 rings (SSSR count). The molecule has 216 valence electrons. The molecule has 0 bridgehead atoms. The first kappa shape index (κ1) is 41.5. The lowest BCUT2D eigenvalue weighted by molar-refractivity contribution is -0.881. The predicted octanol–water partition coefficient (Wildman–Crippen LogP) is 3.32. The van der Waals surface area contributed by atoms with Crippen molar-refractivity contribution in [2.24, 2.45) is 0 Å². The van der Waals surface area contributed by atoms with Gasteiger partial charge in [-0.1, -0.05) is 51.1 Å². The summed E-state index contributed by atoms with van der Waals surface area (Å²) < 4.78 is 67.2. The first-order chi connectivity index (χ1) is 17.4. The fourth-order valence-electron chi connectivity index (χ4n) is 1.87. The third-order valence-electron chi connectivity index (χ3n) is 3.65. The third kappa shape index (κ3) is 27.0. The molecule has 0 unspecified atom stereocenters. The molecule has 0 spiro atoms. The Morgan fingerprint density at radius 2 is 0.974 bits per heavy atom. The fraction of sp³-hybridized carbons (Fsp3) is 0.308. The molecule has 0 heterocycles. The second kappa shape index (κ2) is 23.7. The molecular formula is C26H36F6N2O4. The minimum atomic E-state index is -4.88. The van der Waals surface area contributed by atoms with E-state index in [0.29, 0.717) is 0 Å². The van der Waals surface area contributed by atoms with Crippen molar-refractivity contribution in [1.82, 2.24) is 4.90 Å². The van der Waals surface area contributed by atoms with Gasteiger partial charge in [0, 0.05) is 19.6 Å². The van der Waals surface area contributed by atoms with E-state index in [-0.39, 0.29) is 0 Å². The summed E-state index contributed by atoms with van der Waals surface area (Å²) in [6.07, 6.45) is 1.71. The Labute approximate surface area is 220 Å². The van der Waals surface area contributed by atoms with Crippen LogP contribution < -0.4 is 10.0 Å². The molecule has 12 heteroatoms. The van der Waals surface area contributed by atoms with Crippen molar-refractivity contribution in [2.45, 2.75) is 12.4 Å². The summed E-state index contributed by atoms with van der Waals surface area (Å²) in [6, 6.07) is 0. The van der Waals surface area contributed by atoms with E-state index in [9.17, 15) is 41.0 Å². The number of quaternary nitrogens is 1. The molecule has 0 saturated carbocycles. The molecule has 0 saturated heterocycles. The van der Waals surface area contributed by atoms with Gasteiger partial charge in [-0.15, -0.1) is 19.7 Å². The van der Waals surface area contributed by atoms with Gasteiger partial charge in [-0.3, -0.25) is 4.90 Å². The number of carboxylic acid groups (broad SMARTS) is 2. The molecule has 2 N–H and O–H groups in total. The molecule has 0 atom stereocenters. The number of halogens is 6. The highest BCUT2D eigenvalue weighted by Gasteiger charge is 2.36. The lowest BCUT2D eigenvalue weighted by Crippen LogP contribution is -3.11. The van der Waals surface area contributed by atoms with Gasteiger partial charge in [0.2, 0.25) is 0 Å². The van der Waals surface area contributed by atoms with Crippen LogP contribution in [0.5, 0.6) is 0 Å². The van der Waals surface area contributed by atoms with Crippen LogP contribution in [0.2, 0.25) is 0 Å². The van der Waals surface area contributed by atoms with Crippen LogP contribution >= 0.6 is 0 Å². The number of nitrogens with one attached hydrogen (secondary N) is 1. The Morgan fingerprint density at radius 3 is 1.08 bits per heavy atom. The van der Waals surface area contributed by atoms with E-state index in [4.69, 9.17) is 5.11 Å². The van der Waals surface area contributed by atoms with Crippen molar-refractivity contribution < 1.29 is 51.0 Å². The summed E-state index contributed by atoms with van der Waals surface area (Å²) in [5.41, 5.74) is -3.61. The molecule has 0 aliphatic rings. The molecule has 0 aromatic heterocycles. The number of alkyl halides is 6. The summed E-state index contributed by atoms with van der Waals surface area (Å²) in [7, 11) is 0. The average molecular weight is 555 g/mol. The second-order valence-electron chi connectivity index (χ2n) is 6.86. The number of carboxylic acids is 2. The number of nitrogens with zero attached hydrogens (tertiary/aromatic N) is 1. The van der Waals surface area contributed by atoms with Crippen molar-refractivity contribution in [3.63, 3.8) is 0 Å². The highest BCUT2D eigenvalue weighted by atomic mass is 19.4. The maximum absolute atomic E-state index is 11.2. The Bertz CT molecular complexity index is 689. The lowest BCUT2D eigenvalue weighted by atomic mass is 10.3. The van der Waals surface area contributed by atoms with Gasteiger partial charge >= 0.3 is 18.3 Å². The Kier molecular flexibility index (Phi) is 25.9. The van der Waals surface area contributed by atoms with E-state index < -0.39 is 35.4 Å². The van der Waals surface area contributed by atoms with Gasteiger partial charge in [0.15, 0.2) is 0 Å². The van der Waals surface area contributed by atoms with E-state index >= 15 is 0 Å². The lowest BCUT2D eigenvalue weighted by Gasteiger charge is -2.15. The number of hydrogen-bond acceptors (Lipinski definition) is 4. The molecule has 0 amide bonds. The monoisotopic (exact) mass is 554 g/mol. The smallest absolute Gasteiger partial charge is 0.422 e. The normalized spacial score (nSPS) is 10.1. The Hall–Kier alpha value is -3.64. The standard InChI is InChI=1S/2C9H15N.2C4H3F3O2/c2*1-4-7-10(8-5-2)9-6-3;2*1-2(3(8)9)4(5,6)7/h2*4-6H,1-3,7-9H2;2*1H2,(H,8,9). The molecule has 0 fully saturated rings. The summed E-state index contributed by atoms with van der Waals surface area (Å²) in [6.45, 7) is 32.2. The van der Waals surface area contributed by atoms with E-state index in [1.54, 1.807) is 0 Å². The van der Waals surface area contributed by atoms with Gasteiger partial charge in [0.05, 0.1) is 31.2 Å². The summed E-state index contributed by atoms with van der Waals surface area (Å²) in [4.78, 5) is 22.6. The quantitative estimate of drug-likeness (QED) is 0.196. The van der Waals surface area contributed by atoms with Crippen LogP contribution in [-0.2, 0) is 9.59 Å². The molecule has 38 heavy (non-hydrogen) atoms. The van der Waals surface area contributed by atoms with Crippen LogP contribution in [0.15, 0.2) is 100 Å². The summed E-state index contributed by atoms with van der Waals surface area (Å²) >= 11 is 0. The van der Waals surface area contributed by atoms with Crippen molar-refractivity contribution in [1.29, 1.82) is 0 Å². The first-order valence-corrected chi connectivity index (χ1v) is 10.6. The van der Waals surface area contributed by atoms with Crippen LogP contribution in [0.4, 0.5) is 26.3 Å². The van der Waals surface area contributed by atoms with Crippen LogP contribution in [0.3, 0.4) is 0 Å². The Morgan fingerprint density at radius 1 is 0.684 bits per heavy atom. The third-order valence-corrected chi connectivity index (χ3v) is 3.65. The van der Waals surface area contributed by atoms with Crippen molar-refractivity contribution >= 4 is 11.9 Å². The minimum Gasteiger partial charge on any atom is -0.545 e. The predicted molar refractivity (Wildman–Crippen MR) is 136 cm³/mol.